The molecular formula is C15H17NO2. The predicted molar refractivity (Wildman–Crippen MR) is 70.7 cm³/mol. The van der Waals surface area contributed by atoms with E-state index in [2.05, 4.69) is 11.1 Å². The summed E-state index contributed by atoms with van der Waals surface area (Å²) in [6, 6.07) is 11.8. The van der Waals surface area contributed by atoms with Crippen LogP contribution in [-0.4, -0.2) is 23.3 Å². The maximum Gasteiger partial charge on any atom is 0.137 e. The van der Waals surface area contributed by atoms with Crippen molar-refractivity contribution < 1.29 is 9.84 Å². The Labute approximate surface area is 107 Å². The fourth-order valence-corrected chi connectivity index (χ4v) is 1.81. The molecule has 0 aliphatic carbocycles. The quantitative estimate of drug-likeness (QED) is 0.877. The molecule has 2 rings (SSSR count). The topological polar surface area (TPSA) is 42.4 Å². The molecule has 0 bridgehead atoms. The van der Waals surface area contributed by atoms with Gasteiger partial charge in [0.15, 0.2) is 0 Å². The number of hydrogen-bond donors (Lipinski definition) is 1. The molecule has 3 heteroatoms. The van der Waals surface area contributed by atoms with Crippen LogP contribution >= 0.6 is 0 Å². The molecule has 1 aromatic carbocycles. The summed E-state index contributed by atoms with van der Waals surface area (Å²) in [6.07, 6.45) is 3.38. The smallest absolute Gasteiger partial charge is 0.137 e. The van der Waals surface area contributed by atoms with Crippen molar-refractivity contribution in [1.82, 2.24) is 4.98 Å². The highest BCUT2D eigenvalue weighted by Crippen LogP contribution is 2.18. The Morgan fingerprint density at radius 1 is 1.28 bits per heavy atom. The maximum absolute atomic E-state index is 9.45. The zero-order valence-corrected chi connectivity index (χ0v) is 10.4. The van der Waals surface area contributed by atoms with Gasteiger partial charge in [-0.25, -0.2) is 0 Å². The number of hydrogen-bond acceptors (Lipinski definition) is 3. The molecule has 0 amide bonds. The highest BCUT2D eigenvalue weighted by Gasteiger charge is 2.11. The van der Waals surface area contributed by atoms with Crippen LogP contribution in [0.5, 0.6) is 5.75 Å². The zero-order chi connectivity index (χ0) is 12.8. The van der Waals surface area contributed by atoms with Gasteiger partial charge in [-0.15, -0.1) is 0 Å². The third kappa shape index (κ3) is 3.31. The van der Waals surface area contributed by atoms with Gasteiger partial charge in [-0.05, 0) is 24.6 Å². The zero-order valence-electron chi connectivity index (χ0n) is 10.4. The van der Waals surface area contributed by atoms with E-state index in [4.69, 9.17) is 4.74 Å². The van der Waals surface area contributed by atoms with Crippen molar-refractivity contribution in [3.63, 3.8) is 0 Å². The summed E-state index contributed by atoms with van der Waals surface area (Å²) in [4.78, 5) is 3.99. The lowest BCUT2D eigenvalue weighted by Crippen LogP contribution is -2.14. The molecule has 1 N–H and O–H groups in total. The van der Waals surface area contributed by atoms with Gasteiger partial charge in [0, 0.05) is 12.1 Å². The minimum Gasteiger partial charge on any atom is -0.491 e. The van der Waals surface area contributed by atoms with Gasteiger partial charge in [-0.2, -0.15) is 0 Å². The van der Waals surface area contributed by atoms with Crippen LogP contribution in [0.1, 0.15) is 17.0 Å². The summed E-state index contributed by atoms with van der Waals surface area (Å²) in [5.74, 6) is 0.716. The lowest BCUT2D eigenvalue weighted by molar-refractivity contribution is 0.204. The first-order valence-corrected chi connectivity index (χ1v) is 6.00. The summed E-state index contributed by atoms with van der Waals surface area (Å²) in [5, 5.41) is 9.45. The highest BCUT2D eigenvalue weighted by atomic mass is 16.5. The van der Waals surface area contributed by atoms with Crippen molar-refractivity contribution in [2.75, 3.05) is 13.2 Å². The summed E-state index contributed by atoms with van der Waals surface area (Å²) in [7, 11) is 0. The van der Waals surface area contributed by atoms with Gasteiger partial charge in [-0.3, -0.25) is 4.98 Å². The number of aryl methyl sites for hydroxylation is 1. The fraction of sp³-hybridized carbons (Fsp3) is 0.267. The molecule has 0 fully saturated rings. The summed E-state index contributed by atoms with van der Waals surface area (Å²) < 4.78 is 5.63. The first-order valence-electron chi connectivity index (χ1n) is 6.00. The van der Waals surface area contributed by atoms with E-state index in [9.17, 15) is 5.11 Å². The van der Waals surface area contributed by atoms with Crippen molar-refractivity contribution in [3.8, 4) is 5.75 Å². The Kier molecular flexibility index (Phi) is 4.31. The van der Waals surface area contributed by atoms with E-state index in [1.165, 1.54) is 5.56 Å². The molecule has 0 aliphatic heterocycles. The standard InChI is InChI=1S/C15H17NO2/c1-12-4-2-5-13(8-12)14(10-17)11-18-15-6-3-7-16-9-15/h2-9,14,17H,10-11H2,1H3. The van der Waals surface area contributed by atoms with Crippen molar-refractivity contribution in [3.05, 3.63) is 59.9 Å². The fourth-order valence-electron chi connectivity index (χ4n) is 1.81. The summed E-state index contributed by atoms with van der Waals surface area (Å²) >= 11 is 0. The van der Waals surface area contributed by atoms with E-state index in [-0.39, 0.29) is 12.5 Å². The Bertz CT molecular complexity index is 485. The Morgan fingerprint density at radius 3 is 2.83 bits per heavy atom. The van der Waals surface area contributed by atoms with Crippen LogP contribution in [0, 0.1) is 6.92 Å². The van der Waals surface area contributed by atoms with Crippen LogP contribution in [0.4, 0.5) is 0 Å². The first-order chi connectivity index (χ1) is 8.79. The molecule has 0 saturated heterocycles. The van der Waals surface area contributed by atoms with Crippen LogP contribution < -0.4 is 4.74 Å². The second-order valence-corrected chi connectivity index (χ2v) is 4.29. The van der Waals surface area contributed by atoms with Crippen molar-refractivity contribution >= 4 is 0 Å². The Balaban J connectivity index is 2.02. The summed E-state index contributed by atoms with van der Waals surface area (Å²) in [6.45, 7) is 2.56. The number of pyridine rings is 1. The molecule has 0 aliphatic rings. The molecule has 0 radical (unpaired) electrons. The number of aliphatic hydroxyl groups excluding tert-OH is 1. The van der Waals surface area contributed by atoms with Crippen LogP contribution in [0.2, 0.25) is 0 Å². The average Bonchev–Trinajstić information content (AvgIpc) is 2.41. The SMILES string of the molecule is Cc1cccc(C(CO)COc2cccnc2)c1. The third-order valence-corrected chi connectivity index (χ3v) is 2.82. The molecule has 1 atom stereocenters. The van der Waals surface area contributed by atoms with E-state index in [0.29, 0.717) is 6.61 Å². The molecule has 18 heavy (non-hydrogen) atoms. The summed E-state index contributed by atoms with van der Waals surface area (Å²) in [5.41, 5.74) is 2.29. The van der Waals surface area contributed by atoms with Gasteiger partial charge in [0.05, 0.1) is 19.4 Å². The van der Waals surface area contributed by atoms with Crippen LogP contribution in [0.15, 0.2) is 48.8 Å². The van der Waals surface area contributed by atoms with E-state index >= 15 is 0 Å². The monoisotopic (exact) mass is 243 g/mol. The van der Waals surface area contributed by atoms with E-state index in [0.717, 1.165) is 11.3 Å². The van der Waals surface area contributed by atoms with Gasteiger partial charge in [0.1, 0.15) is 5.75 Å². The number of aliphatic hydroxyl groups is 1. The van der Waals surface area contributed by atoms with Gasteiger partial charge >= 0.3 is 0 Å². The number of aromatic nitrogens is 1. The Hall–Kier alpha value is -1.87. The average molecular weight is 243 g/mol. The second-order valence-electron chi connectivity index (χ2n) is 4.29. The van der Waals surface area contributed by atoms with Crippen molar-refractivity contribution in [2.45, 2.75) is 12.8 Å². The minimum absolute atomic E-state index is 0.00916. The molecule has 2 aromatic rings. The first kappa shape index (κ1) is 12.6. The lowest BCUT2D eigenvalue weighted by atomic mass is 9.99. The molecule has 0 saturated carbocycles. The van der Waals surface area contributed by atoms with E-state index in [1.807, 2.05) is 37.3 Å². The minimum atomic E-state index is -0.00916. The Morgan fingerprint density at radius 2 is 2.17 bits per heavy atom. The number of ether oxygens (including phenoxy) is 1. The van der Waals surface area contributed by atoms with Crippen LogP contribution in [0.25, 0.3) is 0 Å². The largest absolute Gasteiger partial charge is 0.491 e. The van der Waals surface area contributed by atoms with Gasteiger partial charge < -0.3 is 9.84 Å². The number of rotatable bonds is 5. The van der Waals surface area contributed by atoms with E-state index in [1.54, 1.807) is 12.4 Å². The normalized spacial score (nSPS) is 12.1. The number of nitrogens with zero attached hydrogens (tertiary/aromatic N) is 1. The third-order valence-electron chi connectivity index (χ3n) is 2.82. The molecule has 0 spiro atoms. The molecule has 1 aromatic heterocycles. The van der Waals surface area contributed by atoms with Crippen molar-refractivity contribution in [2.24, 2.45) is 0 Å². The van der Waals surface area contributed by atoms with E-state index < -0.39 is 0 Å². The molecule has 1 unspecified atom stereocenters. The molecule has 94 valence electrons. The number of benzene rings is 1. The lowest BCUT2D eigenvalue weighted by Gasteiger charge is -2.16. The molecule has 1 heterocycles. The van der Waals surface area contributed by atoms with Crippen molar-refractivity contribution in [1.29, 1.82) is 0 Å². The highest BCUT2D eigenvalue weighted by molar-refractivity contribution is 5.26. The van der Waals surface area contributed by atoms with Crippen LogP contribution in [0.3, 0.4) is 0 Å². The second kappa shape index (κ2) is 6.17. The molecule has 3 nitrogen and oxygen atoms in total. The van der Waals surface area contributed by atoms with Gasteiger partial charge in [0.25, 0.3) is 0 Å². The van der Waals surface area contributed by atoms with Gasteiger partial charge in [0.2, 0.25) is 0 Å². The maximum atomic E-state index is 9.45. The predicted octanol–water partition coefficient (Wildman–Crippen LogP) is 2.54. The van der Waals surface area contributed by atoms with Crippen LogP contribution in [-0.2, 0) is 0 Å². The molecular weight excluding hydrogens is 226 g/mol. The van der Waals surface area contributed by atoms with Gasteiger partial charge in [-0.1, -0.05) is 29.8 Å².